The topological polar surface area (TPSA) is 52.6 Å². The largest absolute Gasteiger partial charge is 0.490 e. The fourth-order valence-electron chi connectivity index (χ4n) is 3.48. The van der Waals surface area contributed by atoms with E-state index in [2.05, 4.69) is 0 Å². The van der Waals surface area contributed by atoms with Crippen molar-refractivity contribution >= 4 is 29.2 Å². The van der Waals surface area contributed by atoms with Crippen LogP contribution in [0.25, 0.3) is 6.08 Å². The maximum atomic E-state index is 12.7. The highest BCUT2D eigenvalue weighted by molar-refractivity contribution is 6.41. The Kier molecular flexibility index (Phi) is 5.92. The molecule has 3 aromatic carbocycles. The van der Waals surface area contributed by atoms with Crippen molar-refractivity contribution in [1.82, 2.24) is 0 Å². The number of carbonyl (C=O) groups is 2. The quantitative estimate of drug-likeness (QED) is 0.349. The van der Waals surface area contributed by atoms with E-state index >= 15 is 0 Å². The van der Waals surface area contributed by atoms with E-state index in [1.54, 1.807) is 42.5 Å². The second-order valence-electron chi connectivity index (χ2n) is 7.30. The number of benzene rings is 3. The zero-order chi connectivity index (χ0) is 22.0. The SMILES string of the molecule is CCOc1cc(C=C2C(=O)c3ccccc3C2=O)cc(Cl)c1OCc1ccc(C)cc1. The van der Waals surface area contributed by atoms with Crippen LogP contribution in [0.2, 0.25) is 5.02 Å². The molecule has 0 amide bonds. The van der Waals surface area contributed by atoms with Crippen molar-refractivity contribution in [3.05, 3.63) is 99.1 Å². The van der Waals surface area contributed by atoms with Crippen molar-refractivity contribution in [2.75, 3.05) is 6.61 Å². The summed E-state index contributed by atoms with van der Waals surface area (Å²) < 4.78 is 11.7. The van der Waals surface area contributed by atoms with Crippen LogP contribution in [0.1, 0.15) is 44.3 Å². The zero-order valence-corrected chi connectivity index (χ0v) is 18.0. The van der Waals surface area contributed by atoms with E-state index < -0.39 is 0 Å². The van der Waals surface area contributed by atoms with Crippen LogP contribution >= 0.6 is 11.6 Å². The highest BCUT2D eigenvalue weighted by atomic mass is 35.5. The number of carbonyl (C=O) groups excluding carboxylic acids is 2. The normalized spacial score (nSPS) is 12.7. The number of hydrogen-bond acceptors (Lipinski definition) is 4. The van der Waals surface area contributed by atoms with E-state index in [9.17, 15) is 9.59 Å². The minimum absolute atomic E-state index is 0.119. The molecule has 0 radical (unpaired) electrons. The van der Waals surface area contributed by atoms with Gasteiger partial charge in [-0.25, -0.2) is 0 Å². The minimum Gasteiger partial charge on any atom is -0.490 e. The van der Waals surface area contributed by atoms with Crippen molar-refractivity contribution < 1.29 is 19.1 Å². The fourth-order valence-corrected chi connectivity index (χ4v) is 3.76. The predicted octanol–water partition coefficient (Wildman–Crippen LogP) is 6.09. The lowest BCUT2D eigenvalue weighted by molar-refractivity contribution is 0.0990. The first kappa shape index (κ1) is 20.9. The van der Waals surface area contributed by atoms with Gasteiger partial charge in [0.1, 0.15) is 6.61 Å². The summed E-state index contributed by atoms with van der Waals surface area (Å²) in [7, 11) is 0. The monoisotopic (exact) mass is 432 g/mol. The van der Waals surface area contributed by atoms with Crippen molar-refractivity contribution in [1.29, 1.82) is 0 Å². The van der Waals surface area contributed by atoms with Crippen molar-refractivity contribution in [2.45, 2.75) is 20.5 Å². The van der Waals surface area contributed by atoms with Gasteiger partial charge >= 0.3 is 0 Å². The average Bonchev–Trinajstić information content (AvgIpc) is 3.00. The number of Topliss-reactive ketones (excluding diaryl/α,β-unsaturated/α-hetero) is 2. The third-order valence-electron chi connectivity index (χ3n) is 5.05. The number of aryl methyl sites for hydroxylation is 1. The van der Waals surface area contributed by atoms with E-state index in [1.165, 1.54) is 5.56 Å². The van der Waals surface area contributed by atoms with Crippen LogP contribution in [0.15, 0.2) is 66.2 Å². The maximum absolute atomic E-state index is 12.7. The van der Waals surface area contributed by atoms with Crippen molar-refractivity contribution in [3.8, 4) is 11.5 Å². The Morgan fingerprint density at radius 1 is 0.903 bits per heavy atom. The Morgan fingerprint density at radius 3 is 2.16 bits per heavy atom. The molecule has 4 nitrogen and oxygen atoms in total. The lowest BCUT2D eigenvalue weighted by Crippen LogP contribution is -2.02. The van der Waals surface area contributed by atoms with Crippen LogP contribution in [-0.4, -0.2) is 18.2 Å². The minimum atomic E-state index is -0.283. The number of ketones is 2. The molecule has 1 aliphatic carbocycles. The maximum Gasteiger partial charge on any atom is 0.197 e. The van der Waals surface area contributed by atoms with Gasteiger partial charge < -0.3 is 9.47 Å². The summed E-state index contributed by atoms with van der Waals surface area (Å²) in [6, 6.07) is 18.3. The number of rotatable bonds is 6. The van der Waals surface area contributed by atoms with Gasteiger partial charge in [0.05, 0.1) is 17.2 Å². The third kappa shape index (κ3) is 4.25. The van der Waals surface area contributed by atoms with Gasteiger partial charge in [-0.2, -0.15) is 0 Å². The smallest absolute Gasteiger partial charge is 0.197 e. The molecule has 0 atom stereocenters. The molecule has 0 saturated carbocycles. The van der Waals surface area contributed by atoms with Crippen molar-refractivity contribution in [3.63, 3.8) is 0 Å². The molecular formula is C26H21ClO4. The van der Waals surface area contributed by atoms with Gasteiger partial charge in [0.25, 0.3) is 0 Å². The molecule has 0 spiro atoms. The average molecular weight is 433 g/mol. The summed E-state index contributed by atoms with van der Waals surface area (Å²) in [4.78, 5) is 25.4. The highest BCUT2D eigenvalue weighted by Gasteiger charge is 2.32. The molecule has 0 aliphatic heterocycles. The van der Waals surface area contributed by atoms with Crippen LogP contribution < -0.4 is 9.47 Å². The first-order chi connectivity index (χ1) is 15.0. The molecule has 0 saturated heterocycles. The van der Waals surface area contributed by atoms with Gasteiger partial charge in [-0.05, 0) is 43.2 Å². The van der Waals surface area contributed by atoms with Gasteiger partial charge in [0.2, 0.25) is 0 Å². The van der Waals surface area contributed by atoms with Gasteiger partial charge in [-0.3, -0.25) is 9.59 Å². The number of allylic oxidation sites excluding steroid dienone is 1. The van der Waals surface area contributed by atoms with Gasteiger partial charge in [-0.15, -0.1) is 0 Å². The molecule has 0 fully saturated rings. The Balaban J connectivity index is 1.64. The number of hydrogen-bond donors (Lipinski definition) is 0. The van der Waals surface area contributed by atoms with Crippen molar-refractivity contribution in [2.24, 2.45) is 0 Å². The third-order valence-corrected chi connectivity index (χ3v) is 5.33. The van der Waals surface area contributed by atoms with E-state index in [1.807, 2.05) is 38.1 Å². The molecule has 0 aromatic heterocycles. The van der Waals surface area contributed by atoms with Crippen LogP contribution in [0, 0.1) is 6.92 Å². The predicted molar refractivity (Wildman–Crippen MR) is 121 cm³/mol. The second kappa shape index (κ2) is 8.78. The Hall–Kier alpha value is -3.37. The van der Waals surface area contributed by atoms with E-state index in [4.69, 9.17) is 21.1 Å². The molecule has 0 unspecified atom stereocenters. The Labute approximate surface area is 186 Å². The standard InChI is InChI=1S/C26H21ClO4/c1-3-30-23-14-18(12-21-24(28)19-6-4-5-7-20(19)25(21)29)13-22(27)26(23)31-15-17-10-8-16(2)9-11-17/h4-14H,3,15H2,1-2H3. The van der Waals surface area contributed by atoms with Gasteiger partial charge in [0.15, 0.2) is 23.1 Å². The Morgan fingerprint density at radius 2 is 1.55 bits per heavy atom. The second-order valence-corrected chi connectivity index (χ2v) is 7.71. The van der Waals surface area contributed by atoms with Gasteiger partial charge in [-0.1, -0.05) is 65.7 Å². The van der Waals surface area contributed by atoms with Crippen LogP contribution in [0.3, 0.4) is 0 Å². The molecule has 0 heterocycles. The van der Waals surface area contributed by atoms with Crippen LogP contribution in [0.4, 0.5) is 0 Å². The molecular weight excluding hydrogens is 412 g/mol. The Bertz CT molecular complexity index is 1160. The number of ether oxygens (including phenoxy) is 2. The van der Waals surface area contributed by atoms with E-state index in [0.29, 0.717) is 46.4 Å². The molecule has 3 aromatic rings. The lowest BCUT2D eigenvalue weighted by atomic mass is 10.1. The van der Waals surface area contributed by atoms with E-state index in [-0.39, 0.29) is 17.1 Å². The molecule has 156 valence electrons. The number of halogens is 1. The summed E-state index contributed by atoms with van der Waals surface area (Å²) in [5.41, 5.74) is 3.75. The molecule has 4 rings (SSSR count). The summed E-state index contributed by atoms with van der Waals surface area (Å²) in [5.74, 6) is 0.326. The summed E-state index contributed by atoms with van der Waals surface area (Å²) in [6.07, 6.45) is 1.56. The summed E-state index contributed by atoms with van der Waals surface area (Å²) >= 11 is 6.51. The van der Waals surface area contributed by atoms with Gasteiger partial charge in [0, 0.05) is 11.1 Å². The number of fused-ring (bicyclic) bond motifs is 1. The molecule has 0 bridgehead atoms. The van der Waals surface area contributed by atoms with Crippen LogP contribution in [-0.2, 0) is 6.61 Å². The molecule has 31 heavy (non-hydrogen) atoms. The van der Waals surface area contributed by atoms with E-state index in [0.717, 1.165) is 5.56 Å². The first-order valence-corrected chi connectivity index (χ1v) is 10.4. The van der Waals surface area contributed by atoms with Crippen LogP contribution in [0.5, 0.6) is 11.5 Å². The summed E-state index contributed by atoms with van der Waals surface area (Å²) in [6.45, 7) is 4.65. The molecule has 1 aliphatic rings. The first-order valence-electron chi connectivity index (χ1n) is 10.0. The highest BCUT2D eigenvalue weighted by Crippen LogP contribution is 2.38. The lowest BCUT2D eigenvalue weighted by Gasteiger charge is -2.15. The zero-order valence-electron chi connectivity index (χ0n) is 17.3. The summed E-state index contributed by atoms with van der Waals surface area (Å²) in [5, 5.41) is 0.348. The molecule has 5 heteroatoms. The fraction of sp³-hybridized carbons (Fsp3) is 0.154. The molecule has 0 N–H and O–H groups in total.